The highest BCUT2D eigenvalue weighted by atomic mass is 16.5. The van der Waals surface area contributed by atoms with Crippen LogP contribution in [0.4, 0.5) is 0 Å². The van der Waals surface area contributed by atoms with E-state index >= 15 is 0 Å². The molecule has 1 N–H and O–H groups in total. The predicted octanol–water partition coefficient (Wildman–Crippen LogP) is 1.67. The summed E-state index contributed by atoms with van der Waals surface area (Å²) in [6, 6.07) is 10.8. The van der Waals surface area contributed by atoms with E-state index in [0.717, 1.165) is 0 Å². The van der Waals surface area contributed by atoms with Gasteiger partial charge in [0.2, 0.25) is 0 Å². The van der Waals surface area contributed by atoms with Crippen molar-refractivity contribution >= 4 is 5.97 Å². The van der Waals surface area contributed by atoms with E-state index in [1.54, 1.807) is 36.7 Å². The van der Waals surface area contributed by atoms with Crippen LogP contribution in [-0.2, 0) is 9.53 Å². The van der Waals surface area contributed by atoms with Crippen molar-refractivity contribution in [2.24, 2.45) is 0 Å². The Kier molecular flexibility index (Phi) is 3.98. The van der Waals surface area contributed by atoms with Crippen LogP contribution >= 0.6 is 0 Å². The summed E-state index contributed by atoms with van der Waals surface area (Å²) in [6.45, 7) is -0.391. The van der Waals surface area contributed by atoms with Gasteiger partial charge in [0.1, 0.15) is 12.7 Å². The molecule has 0 fully saturated rings. The average molecular weight is 244 g/mol. The van der Waals surface area contributed by atoms with Crippen molar-refractivity contribution in [2.75, 3.05) is 6.61 Å². The van der Waals surface area contributed by atoms with E-state index in [0.29, 0.717) is 11.4 Å². The van der Waals surface area contributed by atoms with Crippen molar-refractivity contribution in [1.29, 1.82) is 0 Å². The minimum absolute atomic E-state index is 0.391. The second-order valence-corrected chi connectivity index (χ2v) is 3.59. The largest absolute Gasteiger partial charge is 0.480 e. The normalized spacial score (nSPS) is 10.5. The van der Waals surface area contributed by atoms with Gasteiger partial charge < -0.3 is 9.84 Å². The van der Waals surface area contributed by atoms with Crippen LogP contribution in [0.25, 0.3) is 0 Å². The first-order valence-electron chi connectivity index (χ1n) is 5.42. The first-order valence-corrected chi connectivity index (χ1v) is 5.42. The molecule has 0 atom stereocenters. The molecule has 0 bridgehead atoms. The van der Waals surface area contributed by atoms with Crippen LogP contribution in [0.5, 0.6) is 0 Å². The van der Waals surface area contributed by atoms with Gasteiger partial charge in [-0.05, 0) is 24.3 Å². The molecule has 2 heterocycles. The van der Waals surface area contributed by atoms with Gasteiger partial charge >= 0.3 is 5.97 Å². The molecule has 0 saturated heterocycles. The highest BCUT2D eigenvalue weighted by Crippen LogP contribution is 2.21. The molecule has 0 spiro atoms. The molecule has 5 heteroatoms. The summed E-state index contributed by atoms with van der Waals surface area (Å²) in [5.41, 5.74) is 1.27. The number of aromatic nitrogens is 2. The highest BCUT2D eigenvalue weighted by molar-refractivity contribution is 5.68. The van der Waals surface area contributed by atoms with Crippen LogP contribution in [0.1, 0.15) is 17.5 Å². The third-order valence-electron chi connectivity index (χ3n) is 2.29. The minimum atomic E-state index is -1.02. The highest BCUT2D eigenvalue weighted by Gasteiger charge is 2.18. The first kappa shape index (κ1) is 12.2. The maximum Gasteiger partial charge on any atom is 0.329 e. The number of hydrogen-bond donors (Lipinski definition) is 1. The van der Waals surface area contributed by atoms with Gasteiger partial charge in [-0.1, -0.05) is 12.1 Å². The second kappa shape index (κ2) is 5.88. The van der Waals surface area contributed by atoms with Crippen molar-refractivity contribution in [2.45, 2.75) is 6.10 Å². The molecule has 2 aromatic rings. The van der Waals surface area contributed by atoms with Gasteiger partial charge in [0.05, 0.1) is 11.4 Å². The predicted molar refractivity (Wildman–Crippen MR) is 63.9 cm³/mol. The number of nitrogens with zero attached hydrogens (tertiary/aromatic N) is 2. The molecular weight excluding hydrogens is 232 g/mol. The molecule has 0 radical (unpaired) electrons. The molecule has 5 nitrogen and oxygen atoms in total. The first-order chi connectivity index (χ1) is 8.77. The molecular formula is C13H12N2O3. The van der Waals surface area contributed by atoms with Crippen molar-refractivity contribution in [3.8, 4) is 0 Å². The summed E-state index contributed by atoms with van der Waals surface area (Å²) in [6.07, 6.45) is 2.70. The molecule has 0 aliphatic heterocycles. The lowest BCUT2D eigenvalue weighted by molar-refractivity contribution is -0.143. The van der Waals surface area contributed by atoms with Crippen molar-refractivity contribution in [3.05, 3.63) is 60.2 Å². The standard InChI is InChI=1S/C13H12N2O3/c16-12(17)9-18-13(10-5-1-3-7-14-10)11-6-2-4-8-15-11/h1-8,13H,9H2,(H,16,17). The Morgan fingerprint density at radius 3 is 2.06 bits per heavy atom. The molecule has 0 aliphatic rings. The van der Waals surface area contributed by atoms with Crippen LogP contribution in [0.2, 0.25) is 0 Å². The van der Waals surface area contributed by atoms with Gasteiger partial charge in [-0.3, -0.25) is 9.97 Å². The number of ether oxygens (including phenoxy) is 1. The van der Waals surface area contributed by atoms with E-state index in [4.69, 9.17) is 9.84 Å². The molecule has 2 rings (SSSR count). The summed E-state index contributed by atoms with van der Waals surface area (Å²) >= 11 is 0. The Morgan fingerprint density at radius 1 is 1.11 bits per heavy atom. The molecule has 0 saturated carbocycles. The van der Waals surface area contributed by atoms with Crippen molar-refractivity contribution in [3.63, 3.8) is 0 Å². The lowest BCUT2D eigenvalue weighted by Gasteiger charge is -2.15. The topological polar surface area (TPSA) is 72.3 Å². The maximum atomic E-state index is 10.6. The number of carboxylic acids is 1. The van der Waals surface area contributed by atoms with Gasteiger partial charge in [0.25, 0.3) is 0 Å². The Hall–Kier alpha value is -2.27. The van der Waals surface area contributed by atoms with Gasteiger partial charge in [-0.25, -0.2) is 4.79 Å². The lowest BCUT2D eigenvalue weighted by atomic mass is 10.1. The van der Waals surface area contributed by atoms with Crippen LogP contribution in [0.15, 0.2) is 48.8 Å². The molecule has 2 aromatic heterocycles. The summed E-state index contributed by atoms with van der Waals surface area (Å²) in [7, 11) is 0. The van der Waals surface area contributed by atoms with E-state index in [-0.39, 0.29) is 0 Å². The van der Waals surface area contributed by atoms with Gasteiger partial charge in [-0.2, -0.15) is 0 Å². The molecule has 0 aromatic carbocycles. The van der Waals surface area contributed by atoms with E-state index in [1.807, 2.05) is 12.1 Å². The third kappa shape index (κ3) is 3.11. The average Bonchev–Trinajstić information content (AvgIpc) is 2.41. The maximum absolute atomic E-state index is 10.6. The smallest absolute Gasteiger partial charge is 0.329 e. The minimum Gasteiger partial charge on any atom is -0.480 e. The number of carboxylic acid groups (broad SMARTS) is 1. The van der Waals surface area contributed by atoms with Crippen LogP contribution in [0, 0.1) is 0 Å². The number of pyridine rings is 2. The fourth-order valence-corrected chi connectivity index (χ4v) is 1.54. The van der Waals surface area contributed by atoms with E-state index < -0.39 is 18.7 Å². The molecule has 0 aliphatic carbocycles. The number of aliphatic carboxylic acids is 1. The number of hydrogen-bond acceptors (Lipinski definition) is 4. The van der Waals surface area contributed by atoms with Crippen LogP contribution in [-0.4, -0.2) is 27.7 Å². The molecule has 0 amide bonds. The SMILES string of the molecule is O=C(O)COC(c1ccccn1)c1ccccn1. The zero-order chi connectivity index (χ0) is 12.8. The van der Waals surface area contributed by atoms with Crippen LogP contribution in [0.3, 0.4) is 0 Å². The Labute approximate surface area is 104 Å². The Morgan fingerprint density at radius 2 is 1.67 bits per heavy atom. The van der Waals surface area contributed by atoms with Gasteiger partial charge in [0.15, 0.2) is 0 Å². The van der Waals surface area contributed by atoms with Gasteiger partial charge in [-0.15, -0.1) is 0 Å². The van der Waals surface area contributed by atoms with Crippen molar-refractivity contribution < 1.29 is 14.6 Å². The van der Waals surface area contributed by atoms with E-state index in [2.05, 4.69) is 9.97 Å². The quantitative estimate of drug-likeness (QED) is 0.866. The van der Waals surface area contributed by atoms with E-state index in [1.165, 1.54) is 0 Å². The molecule has 0 unspecified atom stereocenters. The van der Waals surface area contributed by atoms with Gasteiger partial charge in [0, 0.05) is 12.4 Å². The summed E-state index contributed by atoms with van der Waals surface area (Å²) in [5, 5.41) is 8.69. The lowest BCUT2D eigenvalue weighted by Crippen LogP contribution is -2.15. The Bertz CT molecular complexity index is 463. The summed E-state index contributed by atoms with van der Waals surface area (Å²) in [5.74, 6) is -1.02. The monoisotopic (exact) mass is 244 g/mol. The third-order valence-corrected chi connectivity index (χ3v) is 2.29. The fourth-order valence-electron chi connectivity index (χ4n) is 1.54. The fraction of sp³-hybridized carbons (Fsp3) is 0.154. The zero-order valence-electron chi connectivity index (χ0n) is 9.56. The second-order valence-electron chi connectivity index (χ2n) is 3.59. The molecule has 92 valence electrons. The molecule has 18 heavy (non-hydrogen) atoms. The van der Waals surface area contributed by atoms with Crippen LogP contribution < -0.4 is 0 Å². The Balaban J connectivity index is 2.26. The summed E-state index contributed by atoms with van der Waals surface area (Å²) < 4.78 is 5.35. The number of carbonyl (C=O) groups is 1. The summed E-state index contributed by atoms with van der Waals surface area (Å²) in [4.78, 5) is 19.0. The van der Waals surface area contributed by atoms with E-state index in [9.17, 15) is 4.79 Å². The zero-order valence-corrected chi connectivity index (χ0v) is 9.56. The van der Waals surface area contributed by atoms with Crippen molar-refractivity contribution in [1.82, 2.24) is 9.97 Å². The number of rotatable bonds is 5.